The van der Waals surface area contributed by atoms with Gasteiger partial charge in [0.15, 0.2) is 0 Å². The van der Waals surface area contributed by atoms with Crippen LogP contribution in [0.15, 0.2) is 30.6 Å². The Morgan fingerprint density at radius 1 is 1.21 bits per heavy atom. The molecule has 0 amide bonds. The van der Waals surface area contributed by atoms with Crippen molar-refractivity contribution in [3.8, 4) is 11.1 Å². The standard InChI is InChI=1S/C28H40N6O4/c1-18(17-37-4)31-27-30-15-24-22(14-23(34(24)32-27)19-5-7-21(35)8-6-19)20-9-10-29-26(13-20)33-11-12-38-25(16-33)28(2,3)36/h9-10,13-15,18-19,21,25,35-36H,5-8,11-12,16-17H2,1-4H3,(H,31,32)/t18-,19-,21-,25-/m0/s1. The molecule has 3 aromatic rings. The molecule has 1 saturated carbocycles. The van der Waals surface area contributed by atoms with Crippen LogP contribution in [0.4, 0.5) is 11.8 Å². The Morgan fingerprint density at radius 2 is 2.00 bits per heavy atom. The summed E-state index contributed by atoms with van der Waals surface area (Å²) in [6.07, 6.45) is 6.65. The molecule has 10 nitrogen and oxygen atoms in total. The average molecular weight is 525 g/mol. The quantitative estimate of drug-likeness (QED) is 0.408. The van der Waals surface area contributed by atoms with Crippen LogP contribution in [0, 0.1) is 0 Å². The maximum atomic E-state index is 10.5. The summed E-state index contributed by atoms with van der Waals surface area (Å²) in [7, 11) is 1.68. The lowest BCUT2D eigenvalue weighted by Crippen LogP contribution is -2.52. The summed E-state index contributed by atoms with van der Waals surface area (Å²) in [5.74, 6) is 1.73. The number of hydrogen-bond donors (Lipinski definition) is 3. The highest BCUT2D eigenvalue weighted by molar-refractivity contribution is 5.82. The minimum Gasteiger partial charge on any atom is -0.393 e. The van der Waals surface area contributed by atoms with E-state index >= 15 is 0 Å². The monoisotopic (exact) mass is 524 g/mol. The number of aromatic nitrogens is 4. The molecule has 5 rings (SSSR count). The highest BCUT2D eigenvalue weighted by atomic mass is 16.5. The van der Waals surface area contributed by atoms with Gasteiger partial charge < -0.3 is 29.9 Å². The molecule has 0 spiro atoms. The summed E-state index contributed by atoms with van der Waals surface area (Å²) in [6, 6.07) is 6.43. The summed E-state index contributed by atoms with van der Waals surface area (Å²) >= 11 is 0. The van der Waals surface area contributed by atoms with Crippen LogP contribution in [-0.4, -0.2) is 87.1 Å². The van der Waals surface area contributed by atoms with Crippen LogP contribution < -0.4 is 10.2 Å². The second-order valence-corrected chi connectivity index (χ2v) is 11.2. The second-order valence-electron chi connectivity index (χ2n) is 11.2. The molecule has 1 saturated heterocycles. The van der Waals surface area contributed by atoms with Crippen LogP contribution in [0.5, 0.6) is 0 Å². The predicted molar refractivity (Wildman–Crippen MR) is 147 cm³/mol. The van der Waals surface area contributed by atoms with E-state index in [0.29, 0.717) is 38.2 Å². The zero-order valence-electron chi connectivity index (χ0n) is 22.8. The molecule has 2 fully saturated rings. The maximum absolute atomic E-state index is 10.5. The molecule has 0 radical (unpaired) electrons. The fraction of sp³-hybridized carbons (Fsp3) is 0.607. The van der Waals surface area contributed by atoms with Crippen molar-refractivity contribution in [2.75, 3.05) is 43.6 Å². The number of hydrogen-bond acceptors (Lipinski definition) is 9. The van der Waals surface area contributed by atoms with Gasteiger partial charge in [0.25, 0.3) is 0 Å². The van der Waals surface area contributed by atoms with Gasteiger partial charge in [-0.1, -0.05) is 0 Å². The van der Waals surface area contributed by atoms with Gasteiger partial charge in [0.05, 0.1) is 36.6 Å². The molecule has 10 heteroatoms. The molecule has 3 N–H and O–H groups in total. The van der Waals surface area contributed by atoms with Crippen LogP contribution in [-0.2, 0) is 9.47 Å². The van der Waals surface area contributed by atoms with Gasteiger partial charge in [0, 0.05) is 49.6 Å². The third kappa shape index (κ3) is 5.78. The van der Waals surface area contributed by atoms with E-state index < -0.39 is 5.60 Å². The van der Waals surface area contributed by atoms with Gasteiger partial charge in [-0.15, -0.1) is 5.10 Å². The Morgan fingerprint density at radius 3 is 2.74 bits per heavy atom. The van der Waals surface area contributed by atoms with Gasteiger partial charge >= 0.3 is 0 Å². The van der Waals surface area contributed by atoms with E-state index in [4.69, 9.17) is 14.6 Å². The highest BCUT2D eigenvalue weighted by Gasteiger charge is 2.33. The van der Waals surface area contributed by atoms with Gasteiger partial charge in [-0.25, -0.2) is 14.5 Å². The number of methoxy groups -OCH3 is 1. The average Bonchev–Trinajstić information content (AvgIpc) is 3.28. The second kappa shape index (κ2) is 11.1. The smallest absolute Gasteiger partial charge is 0.241 e. The predicted octanol–water partition coefficient (Wildman–Crippen LogP) is 3.23. The van der Waals surface area contributed by atoms with Crippen LogP contribution in [0.2, 0.25) is 0 Å². The minimum atomic E-state index is -0.929. The van der Waals surface area contributed by atoms with Crippen molar-refractivity contribution in [2.45, 2.75) is 76.2 Å². The summed E-state index contributed by atoms with van der Waals surface area (Å²) in [5, 5.41) is 28.8. The number of nitrogens with zero attached hydrogens (tertiary/aromatic N) is 5. The van der Waals surface area contributed by atoms with Gasteiger partial charge in [0.1, 0.15) is 11.9 Å². The summed E-state index contributed by atoms with van der Waals surface area (Å²) in [5.41, 5.74) is 3.24. The lowest BCUT2D eigenvalue weighted by molar-refractivity contribution is -0.0929. The Balaban J connectivity index is 1.51. The summed E-state index contributed by atoms with van der Waals surface area (Å²) in [4.78, 5) is 11.5. The first kappa shape index (κ1) is 26.8. The lowest BCUT2D eigenvalue weighted by Gasteiger charge is -2.39. The molecule has 0 unspecified atom stereocenters. The number of nitrogens with one attached hydrogen (secondary N) is 1. The van der Waals surface area contributed by atoms with Crippen molar-refractivity contribution in [3.05, 3.63) is 36.3 Å². The summed E-state index contributed by atoms with van der Waals surface area (Å²) < 4.78 is 13.1. The first-order chi connectivity index (χ1) is 18.2. The van der Waals surface area contributed by atoms with E-state index in [-0.39, 0.29) is 18.2 Å². The van der Waals surface area contributed by atoms with Crippen LogP contribution in [0.25, 0.3) is 16.6 Å². The van der Waals surface area contributed by atoms with E-state index in [9.17, 15) is 10.2 Å². The number of fused-ring (bicyclic) bond motifs is 1. The third-order valence-corrected chi connectivity index (χ3v) is 7.69. The molecule has 1 aliphatic carbocycles. The number of anilines is 2. The molecule has 2 atom stereocenters. The van der Waals surface area contributed by atoms with Crippen molar-refractivity contribution < 1.29 is 19.7 Å². The van der Waals surface area contributed by atoms with Crippen LogP contribution >= 0.6 is 0 Å². The molecule has 2 aliphatic rings. The number of morpholine rings is 1. The Bertz CT molecular complexity index is 1230. The molecule has 38 heavy (non-hydrogen) atoms. The Kier molecular flexibility index (Phi) is 7.85. The first-order valence-corrected chi connectivity index (χ1v) is 13.6. The number of rotatable bonds is 8. The van der Waals surface area contributed by atoms with Crippen molar-refractivity contribution in [1.82, 2.24) is 19.6 Å². The zero-order chi connectivity index (χ0) is 26.9. The molecule has 0 aromatic carbocycles. The van der Waals surface area contributed by atoms with Crippen molar-refractivity contribution >= 4 is 17.3 Å². The van der Waals surface area contributed by atoms with E-state index in [1.165, 1.54) is 0 Å². The number of aliphatic hydroxyl groups is 2. The van der Waals surface area contributed by atoms with Gasteiger partial charge in [0.2, 0.25) is 5.95 Å². The van der Waals surface area contributed by atoms with E-state index in [1.54, 1.807) is 21.0 Å². The topological polar surface area (TPSA) is 117 Å². The fourth-order valence-electron chi connectivity index (χ4n) is 5.53. The number of pyridine rings is 1. The molecule has 0 bridgehead atoms. The van der Waals surface area contributed by atoms with Gasteiger partial charge in [-0.05, 0) is 70.2 Å². The Labute approximate surface area is 224 Å². The summed E-state index contributed by atoms with van der Waals surface area (Å²) in [6.45, 7) is 7.98. The SMILES string of the molecule is COC[C@H](C)Nc1ncc2c(-c3ccnc(N4CCO[C@H](C(C)(C)O)C4)c3)cc([C@H]3CC[C@H](O)CC3)n2n1. The normalized spacial score (nSPS) is 23.5. The lowest BCUT2D eigenvalue weighted by atomic mass is 9.85. The third-order valence-electron chi connectivity index (χ3n) is 7.69. The molecular weight excluding hydrogens is 484 g/mol. The molecule has 4 heterocycles. The van der Waals surface area contributed by atoms with Crippen molar-refractivity contribution in [2.24, 2.45) is 0 Å². The van der Waals surface area contributed by atoms with E-state index in [1.807, 2.05) is 29.9 Å². The zero-order valence-corrected chi connectivity index (χ0v) is 22.8. The minimum absolute atomic E-state index is 0.0739. The first-order valence-electron chi connectivity index (χ1n) is 13.6. The van der Waals surface area contributed by atoms with Gasteiger partial charge in [-0.2, -0.15) is 0 Å². The van der Waals surface area contributed by atoms with E-state index in [0.717, 1.165) is 53.8 Å². The van der Waals surface area contributed by atoms with Crippen molar-refractivity contribution in [3.63, 3.8) is 0 Å². The van der Waals surface area contributed by atoms with Crippen molar-refractivity contribution in [1.29, 1.82) is 0 Å². The number of ether oxygens (including phenoxy) is 2. The van der Waals surface area contributed by atoms with E-state index in [2.05, 4.69) is 32.3 Å². The molecular formula is C28H40N6O4. The molecule has 206 valence electrons. The largest absolute Gasteiger partial charge is 0.393 e. The van der Waals surface area contributed by atoms with Crippen LogP contribution in [0.1, 0.15) is 58.1 Å². The maximum Gasteiger partial charge on any atom is 0.241 e. The fourth-order valence-corrected chi connectivity index (χ4v) is 5.53. The van der Waals surface area contributed by atoms with Gasteiger partial charge in [-0.3, -0.25) is 0 Å². The Hall–Kier alpha value is -2.79. The molecule has 1 aliphatic heterocycles. The highest BCUT2D eigenvalue weighted by Crippen LogP contribution is 2.38. The number of aliphatic hydroxyl groups excluding tert-OH is 1. The van der Waals surface area contributed by atoms with Crippen LogP contribution in [0.3, 0.4) is 0 Å². The molecule has 3 aromatic heterocycles.